The van der Waals surface area contributed by atoms with Gasteiger partial charge in [0.15, 0.2) is 0 Å². The normalized spacial score (nSPS) is 16.6. The number of rotatable bonds is 7. The molecule has 1 aromatic carbocycles. The first-order valence-electron chi connectivity index (χ1n) is 9.37. The molecule has 0 aliphatic carbocycles. The Bertz CT molecular complexity index is 823. The molecule has 2 aromatic rings. The lowest BCUT2D eigenvalue weighted by Crippen LogP contribution is -2.44. The molecule has 1 aromatic heterocycles. The number of nitrogens with zero attached hydrogens (tertiary/aromatic N) is 3. The smallest absolute Gasteiger partial charge is 0.269 e. The van der Waals surface area contributed by atoms with Gasteiger partial charge < -0.3 is 15.0 Å². The third kappa shape index (κ3) is 5.28. The van der Waals surface area contributed by atoms with E-state index in [9.17, 15) is 9.59 Å². The summed E-state index contributed by atoms with van der Waals surface area (Å²) < 4.78 is 6.78. The van der Waals surface area contributed by atoms with Crippen molar-refractivity contribution >= 4 is 23.6 Å². The molecule has 2 amide bonds. The summed E-state index contributed by atoms with van der Waals surface area (Å²) in [7, 11) is 3.38. The molecule has 1 aliphatic heterocycles. The molecule has 1 unspecified atom stereocenters. The molecule has 0 saturated carbocycles. The minimum absolute atomic E-state index is 0.128. The van der Waals surface area contributed by atoms with E-state index in [0.717, 1.165) is 30.0 Å². The first-order chi connectivity index (χ1) is 13.6. The number of piperidine rings is 1. The van der Waals surface area contributed by atoms with Gasteiger partial charge in [0.05, 0.1) is 12.9 Å². The fraction of sp³-hybridized carbons (Fsp3) is 0.450. The highest BCUT2D eigenvalue weighted by molar-refractivity contribution is 8.00. The molecular formula is C20H26N4O3S. The van der Waals surface area contributed by atoms with E-state index in [1.54, 1.807) is 31.1 Å². The monoisotopic (exact) mass is 402 g/mol. The zero-order valence-electron chi connectivity index (χ0n) is 16.3. The van der Waals surface area contributed by atoms with Crippen LogP contribution < -0.4 is 10.1 Å². The third-order valence-electron chi connectivity index (χ3n) is 4.88. The predicted molar refractivity (Wildman–Crippen MR) is 109 cm³/mol. The van der Waals surface area contributed by atoms with Gasteiger partial charge in [0.2, 0.25) is 5.91 Å². The Hall–Kier alpha value is -2.48. The van der Waals surface area contributed by atoms with Crippen molar-refractivity contribution in [1.29, 1.82) is 0 Å². The number of methoxy groups -OCH3 is 1. The van der Waals surface area contributed by atoms with Gasteiger partial charge in [0.25, 0.3) is 5.91 Å². The van der Waals surface area contributed by atoms with Crippen LogP contribution >= 0.6 is 11.8 Å². The Morgan fingerprint density at radius 1 is 1.36 bits per heavy atom. The number of ether oxygens (including phenoxy) is 1. The molecular weight excluding hydrogens is 376 g/mol. The van der Waals surface area contributed by atoms with Gasteiger partial charge in [0, 0.05) is 37.8 Å². The van der Waals surface area contributed by atoms with Crippen molar-refractivity contribution in [2.24, 2.45) is 13.0 Å². The van der Waals surface area contributed by atoms with Gasteiger partial charge in [-0.3, -0.25) is 14.3 Å². The summed E-state index contributed by atoms with van der Waals surface area (Å²) in [5.41, 5.74) is 0.540. The van der Waals surface area contributed by atoms with Crippen LogP contribution in [0.5, 0.6) is 5.75 Å². The topological polar surface area (TPSA) is 76.5 Å². The predicted octanol–water partition coefficient (Wildman–Crippen LogP) is 2.19. The van der Waals surface area contributed by atoms with E-state index in [1.807, 2.05) is 29.2 Å². The van der Waals surface area contributed by atoms with E-state index < -0.39 is 0 Å². The van der Waals surface area contributed by atoms with Crippen LogP contribution in [0.15, 0.2) is 41.4 Å². The van der Waals surface area contributed by atoms with Crippen molar-refractivity contribution in [3.8, 4) is 5.75 Å². The highest BCUT2D eigenvalue weighted by Gasteiger charge is 2.24. The number of likely N-dealkylation sites (tertiary alicyclic amines) is 1. The molecule has 3 rings (SSSR count). The molecule has 1 atom stereocenters. The molecule has 1 N–H and O–H groups in total. The van der Waals surface area contributed by atoms with Gasteiger partial charge >= 0.3 is 0 Å². The zero-order valence-corrected chi connectivity index (χ0v) is 17.1. The van der Waals surface area contributed by atoms with E-state index in [2.05, 4.69) is 10.4 Å². The van der Waals surface area contributed by atoms with Gasteiger partial charge in [-0.2, -0.15) is 5.10 Å². The van der Waals surface area contributed by atoms with Gasteiger partial charge in [-0.05, 0) is 43.0 Å². The van der Waals surface area contributed by atoms with Crippen LogP contribution in [0.2, 0.25) is 0 Å². The lowest BCUT2D eigenvalue weighted by atomic mass is 9.98. The van der Waals surface area contributed by atoms with Gasteiger partial charge in [-0.25, -0.2) is 0 Å². The van der Waals surface area contributed by atoms with Gasteiger partial charge in [0.1, 0.15) is 11.4 Å². The molecule has 150 valence electrons. The van der Waals surface area contributed by atoms with Crippen LogP contribution in [0.1, 0.15) is 23.3 Å². The van der Waals surface area contributed by atoms with E-state index in [1.165, 1.54) is 11.8 Å². The number of amides is 2. The number of carbonyl (C=O) groups excluding carboxylic acids is 2. The summed E-state index contributed by atoms with van der Waals surface area (Å²) in [6.07, 6.45) is 3.58. The third-order valence-corrected chi connectivity index (χ3v) is 5.86. The Balaban J connectivity index is 1.46. The van der Waals surface area contributed by atoms with Crippen molar-refractivity contribution < 1.29 is 14.3 Å². The second-order valence-corrected chi connectivity index (χ2v) is 7.91. The lowest BCUT2D eigenvalue weighted by molar-refractivity contribution is -0.130. The maximum absolute atomic E-state index is 12.6. The van der Waals surface area contributed by atoms with E-state index >= 15 is 0 Å². The number of aryl methyl sites for hydroxylation is 1. The average molecular weight is 403 g/mol. The minimum Gasteiger partial charge on any atom is -0.497 e. The van der Waals surface area contributed by atoms with E-state index in [4.69, 9.17) is 4.74 Å². The largest absolute Gasteiger partial charge is 0.497 e. The zero-order chi connectivity index (χ0) is 19.9. The van der Waals surface area contributed by atoms with Gasteiger partial charge in [-0.1, -0.05) is 6.07 Å². The average Bonchev–Trinajstić information content (AvgIpc) is 3.16. The molecule has 0 bridgehead atoms. The number of nitrogens with one attached hydrogen (secondary N) is 1. The van der Waals surface area contributed by atoms with E-state index in [-0.39, 0.29) is 17.7 Å². The Labute approximate surface area is 169 Å². The maximum atomic E-state index is 12.6. The van der Waals surface area contributed by atoms with Crippen molar-refractivity contribution in [3.63, 3.8) is 0 Å². The molecule has 2 heterocycles. The number of benzene rings is 1. The van der Waals surface area contributed by atoms with Crippen LogP contribution in [-0.4, -0.2) is 59.0 Å². The quantitative estimate of drug-likeness (QED) is 0.719. The summed E-state index contributed by atoms with van der Waals surface area (Å²) in [6.45, 7) is 2.03. The fourth-order valence-electron chi connectivity index (χ4n) is 3.31. The summed E-state index contributed by atoms with van der Waals surface area (Å²) in [5.74, 6) is 1.48. The Morgan fingerprint density at radius 3 is 2.96 bits per heavy atom. The van der Waals surface area contributed by atoms with Crippen LogP contribution in [0, 0.1) is 5.92 Å². The van der Waals surface area contributed by atoms with Crippen LogP contribution in [0.25, 0.3) is 0 Å². The minimum atomic E-state index is -0.128. The molecule has 28 heavy (non-hydrogen) atoms. The van der Waals surface area contributed by atoms with Crippen molar-refractivity contribution in [1.82, 2.24) is 20.0 Å². The molecule has 8 heteroatoms. The number of hydrogen-bond acceptors (Lipinski definition) is 5. The molecule has 1 fully saturated rings. The van der Waals surface area contributed by atoms with Gasteiger partial charge in [-0.15, -0.1) is 11.8 Å². The molecule has 0 spiro atoms. The van der Waals surface area contributed by atoms with Crippen molar-refractivity contribution in [3.05, 3.63) is 42.2 Å². The first-order valence-corrected chi connectivity index (χ1v) is 10.4. The molecule has 7 nitrogen and oxygen atoms in total. The Morgan fingerprint density at radius 2 is 2.21 bits per heavy atom. The highest BCUT2D eigenvalue weighted by atomic mass is 32.2. The standard InChI is InChI=1S/C20H26N4O3S/c1-23-18(8-9-22-23)20(26)21-12-15-5-4-10-24(13-15)19(25)14-28-17-7-3-6-16(11-17)27-2/h3,6-9,11,15H,4-5,10,12-14H2,1-2H3,(H,21,26). The summed E-state index contributed by atoms with van der Waals surface area (Å²) in [5, 5.41) is 6.99. The molecule has 1 saturated heterocycles. The van der Waals surface area contributed by atoms with Crippen molar-refractivity contribution in [2.75, 3.05) is 32.5 Å². The summed E-state index contributed by atoms with van der Waals surface area (Å²) in [6, 6.07) is 9.43. The second kappa shape index (κ2) is 9.64. The maximum Gasteiger partial charge on any atom is 0.269 e. The number of carbonyl (C=O) groups is 2. The molecule has 1 aliphatic rings. The number of aromatic nitrogens is 2. The second-order valence-electron chi connectivity index (χ2n) is 6.87. The number of thioether (sulfide) groups is 1. The lowest BCUT2D eigenvalue weighted by Gasteiger charge is -2.33. The number of hydrogen-bond donors (Lipinski definition) is 1. The Kier molecular flexibility index (Phi) is 6.97. The van der Waals surface area contributed by atoms with Crippen LogP contribution in [0.4, 0.5) is 0 Å². The van der Waals surface area contributed by atoms with Crippen LogP contribution in [-0.2, 0) is 11.8 Å². The molecule has 0 radical (unpaired) electrons. The summed E-state index contributed by atoms with van der Waals surface area (Å²) in [4.78, 5) is 27.8. The van der Waals surface area contributed by atoms with Crippen molar-refractivity contribution in [2.45, 2.75) is 17.7 Å². The first kappa shape index (κ1) is 20.3. The highest BCUT2D eigenvalue weighted by Crippen LogP contribution is 2.24. The fourth-order valence-corrected chi connectivity index (χ4v) is 4.16. The SMILES string of the molecule is COc1cccc(SCC(=O)N2CCCC(CNC(=O)c3ccnn3C)C2)c1. The van der Waals surface area contributed by atoms with Crippen LogP contribution in [0.3, 0.4) is 0 Å². The van der Waals surface area contributed by atoms with E-state index in [0.29, 0.717) is 24.5 Å². The summed E-state index contributed by atoms with van der Waals surface area (Å²) >= 11 is 1.52.